The van der Waals surface area contributed by atoms with Crippen molar-refractivity contribution in [3.63, 3.8) is 0 Å². The Hall–Kier alpha value is -3.57. The highest BCUT2D eigenvalue weighted by Gasteiger charge is 2.34. The lowest BCUT2D eigenvalue weighted by molar-refractivity contribution is -0.122. The monoisotopic (exact) mass is 515 g/mol. The lowest BCUT2D eigenvalue weighted by Crippen LogP contribution is -2.48. The average Bonchev–Trinajstić information content (AvgIpc) is 2.80. The van der Waals surface area contributed by atoms with E-state index in [9.17, 15) is 21.6 Å². The summed E-state index contributed by atoms with van der Waals surface area (Å²) in [4.78, 5) is 12.9. The topological polar surface area (TPSA) is 122 Å². The fourth-order valence-electron chi connectivity index (χ4n) is 3.64. The summed E-state index contributed by atoms with van der Waals surface area (Å²) < 4.78 is 59.6. The molecular formula is C24H25N3O6S2. The minimum absolute atomic E-state index is 0.0301. The van der Waals surface area contributed by atoms with E-state index in [2.05, 4.69) is 10.0 Å². The number of hydrogen-bond acceptors (Lipinski definition) is 6. The van der Waals surface area contributed by atoms with Gasteiger partial charge in [-0.3, -0.25) is 13.8 Å². The number of carbonyl (C=O) groups is 1. The normalized spacial score (nSPS) is 15.6. The molecule has 1 heterocycles. The Morgan fingerprint density at radius 3 is 2.34 bits per heavy atom. The standard InChI is InChI=1S/C24H25N3O6S2/c1-16-8-9-17(2)20(14-16)26-35(31,32)19-12-10-18(11-13-19)25-24(28)23-15-27(34(3,29)30)21-6-4-5-7-22(21)33-23/h4-14,23,26H,15H2,1-3H3,(H,25,28)/t23-/m1/s1. The van der Waals surface area contributed by atoms with Gasteiger partial charge in [-0.15, -0.1) is 0 Å². The zero-order valence-corrected chi connectivity index (χ0v) is 21.0. The van der Waals surface area contributed by atoms with E-state index in [0.29, 0.717) is 17.1 Å². The summed E-state index contributed by atoms with van der Waals surface area (Å²) in [5.74, 6) is -0.277. The Bertz CT molecular complexity index is 1490. The van der Waals surface area contributed by atoms with Crippen LogP contribution in [0, 0.1) is 13.8 Å². The third-order valence-corrected chi connectivity index (χ3v) is 8.02. The van der Waals surface area contributed by atoms with Gasteiger partial charge >= 0.3 is 0 Å². The predicted octanol–water partition coefficient (Wildman–Crippen LogP) is 3.27. The molecule has 1 aliphatic rings. The largest absolute Gasteiger partial charge is 0.476 e. The fourth-order valence-corrected chi connectivity index (χ4v) is 5.68. The summed E-state index contributed by atoms with van der Waals surface area (Å²) in [6.07, 6.45) is -0.0239. The van der Waals surface area contributed by atoms with E-state index in [1.807, 2.05) is 26.0 Å². The van der Waals surface area contributed by atoms with Gasteiger partial charge in [-0.2, -0.15) is 0 Å². The quantitative estimate of drug-likeness (QED) is 0.520. The van der Waals surface area contributed by atoms with Gasteiger partial charge in [0.25, 0.3) is 15.9 Å². The smallest absolute Gasteiger partial charge is 0.267 e. The number of para-hydroxylation sites is 2. The van der Waals surface area contributed by atoms with Crippen LogP contribution in [0.4, 0.5) is 17.1 Å². The predicted molar refractivity (Wildman–Crippen MR) is 135 cm³/mol. The molecule has 0 unspecified atom stereocenters. The van der Waals surface area contributed by atoms with Crippen molar-refractivity contribution in [2.45, 2.75) is 24.8 Å². The number of fused-ring (bicyclic) bond motifs is 1. The Labute approximate surface area is 204 Å². The van der Waals surface area contributed by atoms with Crippen LogP contribution in [0.2, 0.25) is 0 Å². The number of nitrogens with zero attached hydrogens (tertiary/aromatic N) is 1. The van der Waals surface area contributed by atoms with Crippen molar-refractivity contribution >= 4 is 43.0 Å². The summed E-state index contributed by atoms with van der Waals surface area (Å²) in [6, 6.07) is 17.7. The molecule has 35 heavy (non-hydrogen) atoms. The van der Waals surface area contributed by atoms with Crippen LogP contribution in [0.3, 0.4) is 0 Å². The number of hydrogen-bond donors (Lipinski definition) is 2. The third kappa shape index (κ3) is 5.41. The second-order valence-electron chi connectivity index (χ2n) is 8.31. The van der Waals surface area contributed by atoms with Gasteiger partial charge in [0.15, 0.2) is 6.10 Å². The van der Waals surface area contributed by atoms with Crippen LogP contribution in [0.1, 0.15) is 11.1 Å². The van der Waals surface area contributed by atoms with E-state index >= 15 is 0 Å². The van der Waals surface area contributed by atoms with Crippen molar-refractivity contribution < 1.29 is 26.4 Å². The molecule has 0 aliphatic carbocycles. The Morgan fingerprint density at radius 2 is 1.66 bits per heavy atom. The molecule has 4 rings (SSSR count). The molecule has 11 heteroatoms. The van der Waals surface area contributed by atoms with Gasteiger partial charge < -0.3 is 10.1 Å². The van der Waals surface area contributed by atoms with E-state index < -0.39 is 32.1 Å². The van der Waals surface area contributed by atoms with Gasteiger partial charge in [-0.05, 0) is 67.4 Å². The summed E-state index contributed by atoms with van der Waals surface area (Å²) in [5.41, 5.74) is 2.92. The SMILES string of the molecule is Cc1ccc(C)c(NS(=O)(=O)c2ccc(NC(=O)[C@H]3CN(S(C)(=O)=O)c4ccccc4O3)cc2)c1. The van der Waals surface area contributed by atoms with E-state index in [4.69, 9.17) is 4.74 Å². The number of aryl methyl sites for hydroxylation is 2. The van der Waals surface area contributed by atoms with Crippen molar-refractivity contribution in [2.75, 3.05) is 27.1 Å². The molecule has 0 bridgehead atoms. The van der Waals surface area contributed by atoms with Gasteiger partial charge in [0.2, 0.25) is 10.0 Å². The second-order valence-corrected chi connectivity index (χ2v) is 11.9. The highest BCUT2D eigenvalue weighted by molar-refractivity contribution is 7.92. The molecular weight excluding hydrogens is 490 g/mol. The van der Waals surface area contributed by atoms with Crippen LogP contribution in [0.15, 0.2) is 71.6 Å². The van der Waals surface area contributed by atoms with E-state index in [0.717, 1.165) is 21.7 Å². The van der Waals surface area contributed by atoms with Crippen molar-refractivity contribution in [3.05, 3.63) is 77.9 Å². The van der Waals surface area contributed by atoms with Gasteiger partial charge in [0.1, 0.15) is 5.75 Å². The van der Waals surface area contributed by atoms with Crippen LogP contribution in [-0.2, 0) is 24.8 Å². The van der Waals surface area contributed by atoms with Crippen molar-refractivity contribution in [1.82, 2.24) is 0 Å². The zero-order chi connectivity index (χ0) is 25.4. The summed E-state index contributed by atoms with van der Waals surface area (Å²) in [7, 11) is -7.47. The zero-order valence-electron chi connectivity index (χ0n) is 19.3. The molecule has 1 aliphatic heterocycles. The van der Waals surface area contributed by atoms with Crippen LogP contribution in [0.5, 0.6) is 5.75 Å². The number of amides is 1. The molecule has 2 N–H and O–H groups in total. The molecule has 0 saturated carbocycles. The van der Waals surface area contributed by atoms with Crippen LogP contribution < -0.4 is 19.1 Å². The minimum atomic E-state index is -3.84. The molecule has 0 aromatic heterocycles. The average molecular weight is 516 g/mol. The maximum atomic E-state index is 12.9. The van der Waals surface area contributed by atoms with Crippen LogP contribution >= 0.6 is 0 Å². The maximum Gasteiger partial charge on any atom is 0.267 e. The highest BCUT2D eigenvalue weighted by atomic mass is 32.2. The second kappa shape index (κ2) is 9.23. The summed E-state index contributed by atoms with van der Waals surface area (Å²) >= 11 is 0. The van der Waals surface area contributed by atoms with Gasteiger partial charge in [-0.1, -0.05) is 24.3 Å². The molecule has 0 fully saturated rings. The van der Waals surface area contributed by atoms with Crippen molar-refractivity contribution in [3.8, 4) is 5.75 Å². The number of benzene rings is 3. The van der Waals surface area contributed by atoms with Gasteiger partial charge in [0.05, 0.1) is 29.1 Å². The van der Waals surface area contributed by atoms with Crippen molar-refractivity contribution in [1.29, 1.82) is 0 Å². The van der Waals surface area contributed by atoms with E-state index in [1.165, 1.54) is 24.3 Å². The van der Waals surface area contributed by atoms with Gasteiger partial charge in [0, 0.05) is 5.69 Å². The number of nitrogens with one attached hydrogen (secondary N) is 2. The Kier molecular flexibility index (Phi) is 6.48. The molecule has 3 aromatic carbocycles. The molecule has 0 saturated heterocycles. The number of carbonyl (C=O) groups excluding carboxylic acids is 1. The number of rotatable bonds is 6. The Morgan fingerprint density at radius 1 is 0.971 bits per heavy atom. The Balaban J connectivity index is 1.49. The summed E-state index contributed by atoms with van der Waals surface area (Å²) in [6.45, 7) is 3.50. The van der Waals surface area contributed by atoms with E-state index in [-0.39, 0.29) is 17.2 Å². The molecule has 184 valence electrons. The first-order valence-electron chi connectivity index (χ1n) is 10.7. The minimum Gasteiger partial charge on any atom is -0.476 e. The summed E-state index contributed by atoms with van der Waals surface area (Å²) in [5, 5.41) is 2.66. The molecule has 1 atom stereocenters. The number of sulfonamides is 2. The number of ether oxygens (including phenoxy) is 1. The first-order chi connectivity index (χ1) is 16.4. The fraction of sp³-hybridized carbons (Fsp3) is 0.208. The van der Waals surface area contributed by atoms with E-state index in [1.54, 1.807) is 30.3 Å². The lowest BCUT2D eigenvalue weighted by atomic mass is 10.1. The molecule has 9 nitrogen and oxygen atoms in total. The molecule has 0 spiro atoms. The molecule has 0 radical (unpaired) electrons. The molecule has 3 aromatic rings. The van der Waals surface area contributed by atoms with Gasteiger partial charge in [-0.25, -0.2) is 16.8 Å². The highest BCUT2D eigenvalue weighted by Crippen LogP contribution is 2.34. The third-order valence-electron chi connectivity index (χ3n) is 5.50. The lowest BCUT2D eigenvalue weighted by Gasteiger charge is -2.33. The molecule has 1 amide bonds. The van der Waals surface area contributed by atoms with Crippen LogP contribution in [0.25, 0.3) is 0 Å². The first-order valence-corrected chi connectivity index (χ1v) is 14.0. The van der Waals surface area contributed by atoms with Crippen molar-refractivity contribution in [2.24, 2.45) is 0 Å². The number of anilines is 3. The maximum absolute atomic E-state index is 12.9. The first kappa shape index (κ1) is 24.6. The van der Waals surface area contributed by atoms with Crippen LogP contribution in [-0.4, -0.2) is 41.6 Å².